The van der Waals surface area contributed by atoms with Gasteiger partial charge in [-0.3, -0.25) is 4.79 Å². The maximum absolute atomic E-state index is 12.0. The van der Waals surface area contributed by atoms with E-state index in [1.807, 2.05) is 37.3 Å². The number of hydrogen-bond acceptors (Lipinski definition) is 4. The molecular weight excluding hydrogens is 346 g/mol. The molecule has 3 unspecified atom stereocenters. The maximum Gasteiger partial charge on any atom is 0.333 e. The van der Waals surface area contributed by atoms with Gasteiger partial charge in [0.15, 0.2) is 6.10 Å². The molecule has 4 atom stereocenters. The van der Waals surface area contributed by atoms with E-state index in [1.165, 1.54) is 0 Å². The molecule has 2 rings (SSSR count). The van der Waals surface area contributed by atoms with Gasteiger partial charge < -0.3 is 20.3 Å². The molecule has 0 radical (unpaired) electrons. The standard InChI is InChI=1S/C21H29NO5/c1-2-3-11-27-20(21(25)26)16-13-17(22-19(24)14-16)9-10-18(23)12-15-7-5-4-6-8-15/h2-8,16-18,20,23H,9-14H2,1H3,(H,22,24)(H,25,26)/t16?,17-,18?,20?/m0/s1. The first kappa shape index (κ1) is 21.1. The molecule has 0 spiro atoms. The summed E-state index contributed by atoms with van der Waals surface area (Å²) in [7, 11) is 0. The van der Waals surface area contributed by atoms with E-state index in [1.54, 1.807) is 12.2 Å². The molecule has 0 aliphatic carbocycles. The minimum Gasteiger partial charge on any atom is -0.479 e. The van der Waals surface area contributed by atoms with Crippen LogP contribution in [0.25, 0.3) is 0 Å². The molecule has 1 aromatic carbocycles. The van der Waals surface area contributed by atoms with Gasteiger partial charge in [-0.05, 0) is 38.2 Å². The molecule has 1 aliphatic rings. The molecule has 1 amide bonds. The van der Waals surface area contributed by atoms with E-state index in [0.29, 0.717) is 25.7 Å². The monoisotopic (exact) mass is 375 g/mol. The molecule has 3 N–H and O–H groups in total. The number of allylic oxidation sites excluding steroid dienone is 1. The fourth-order valence-corrected chi connectivity index (χ4v) is 3.50. The zero-order chi connectivity index (χ0) is 19.6. The van der Waals surface area contributed by atoms with Gasteiger partial charge >= 0.3 is 5.97 Å². The topological polar surface area (TPSA) is 95.9 Å². The summed E-state index contributed by atoms with van der Waals surface area (Å²) >= 11 is 0. The number of aliphatic hydroxyl groups excluding tert-OH is 1. The van der Waals surface area contributed by atoms with Crippen molar-refractivity contribution in [1.29, 1.82) is 0 Å². The van der Waals surface area contributed by atoms with Crippen LogP contribution < -0.4 is 5.32 Å². The van der Waals surface area contributed by atoms with Gasteiger partial charge in [0.25, 0.3) is 0 Å². The average Bonchev–Trinajstić information content (AvgIpc) is 2.63. The van der Waals surface area contributed by atoms with Crippen LogP contribution in [-0.4, -0.2) is 46.9 Å². The molecule has 0 saturated carbocycles. The minimum atomic E-state index is -1.04. The van der Waals surface area contributed by atoms with Crippen molar-refractivity contribution in [2.24, 2.45) is 5.92 Å². The normalized spacial score (nSPS) is 22.4. The number of aliphatic hydroxyl groups is 1. The Morgan fingerprint density at radius 3 is 2.78 bits per heavy atom. The second kappa shape index (κ2) is 10.8. The number of carbonyl (C=O) groups excluding carboxylic acids is 1. The number of carboxylic acids is 1. The summed E-state index contributed by atoms with van der Waals surface area (Å²) in [5.74, 6) is -1.56. The number of piperidine rings is 1. The summed E-state index contributed by atoms with van der Waals surface area (Å²) in [6, 6.07) is 9.61. The largest absolute Gasteiger partial charge is 0.479 e. The van der Waals surface area contributed by atoms with Gasteiger partial charge in [-0.15, -0.1) is 0 Å². The van der Waals surface area contributed by atoms with Gasteiger partial charge in [-0.1, -0.05) is 42.5 Å². The van der Waals surface area contributed by atoms with Crippen LogP contribution in [0, 0.1) is 5.92 Å². The van der Waals surface area contributed by atoms with Crippen LogP contribution in [-0.2, 0) is 20.7 Å². The van der Waals surface area contributed by atoms with Crippen molar-refractivity contribution < 1.29 is 24.5 Å². The van der Waals surface area contributed by atoms with Gasteiger partial charge in [0.05, 0.1) is 12.7 Å². The van der Waals surface area contributed by atoms with Crippen molar-refractivity contribution in [2.75, 3.05) is 6.61 Å². The number of benzene rings is 1. The summed E-state index contributed by atoms with van der Waals surface area (Å²) < 4.78 is 5.47. The summed E-state index contributed by atoms with van der Waals surface area (Å²) in [5.41, 5.74) is 1.07. The molecule has 1 aromatic rings. The van der Waals surface area contributed by atoms with Crippen LogP contribution in [0.5, 0.6) is 0 Å². The number of carbonyl (C=O) groups is 2. The zero-order valence-electron chi connectivity index (χ0n) is 15.7. The number of carboxylic acid groups (broad SMARTS) is 1. The molecule has 1 aliphatic heterocycles. The molecule has 1 heterocycles. The van der Waals surface area contributed by atoms with Crippen LogP contribution in [0.1, 0.15) is 38.2 Å². The summed E-state index contributed by atoms with van der Waals surface area (Å²) in [4.78, 5) is 23.6. The fraction of sp³-hybridized carbons (Fsp3) is 0.524. The molecule has 6 nitrogen and oxygen atoms in total. The van der Waals surface area contributed by atoms with Crippen molar-refractivity contribution in [3.05, 3.63) is 48.0 Å². The number of hydrogen-bond donors (Lipinski definition) is 3. The molecule has 6 heteroatoms. The highest BCUT2D eigenvalue weighted by Crippen LogP contribution is 2.26. The van der Waals surface area contributed by atoms with E-state index in [-0.39, 0.29) is 30.9 Å². The summed E-state index contributed by atoms with van der Waals surface area (Å²) in [6.07, 6.45) is 4.46. The van der Waals surface area contributed by atoms with Gasteiger partial charge in [0, 0.05) is 18.4 Å². The third-order valence-electron chi connectivity index (χ3n) is 4.84. The lowest BCUT2D eigenvalue weighted by atomic mass is 9.85. The highest BCUT2D eigenvalue weighted by Gasteiger charge is 2.36. The Bertz CT molecular complexity index is 631. The number of nitrogens with one attached hydrogen (secondary N) is 1. The zero-order valence-corrected chi connectivity index (χ0v) is 15.7. The van der Waals surface area contributed by atoms with Crippen LogP contribution in [0.3, 0.4) is 0 Å². The van der Waals surface area contributed by atoms with Gasteiger partial charge in [-0.2, -0.15) is 0 Å². The number of ether oxygens (including phenoxy) is 1. The lowest BCUT2D eigenvalue weighted by Crippen LogP contribution is -2.48. The summed E-state index contributed by atoms with van der Waals surface area (Å²) in [6.45, 7) is 2.05. The second-order valence-electron chi connectivity index (χ2n) is 7.05. The fourth-order valence-electron chi connectivity index (χ4n) is 3.50. The molecule has 1 fully saturated rings. The highest BCUT2D eigenvalue weighted by molar-refractivity contribution is 5.79. The first-order valence-electron chi connectivity index (χ1n) is 9.46. The van der Waals surface area contributed by atoms with E-state index < -0.39 is 18.2 Å². The molecule has 1 saturated heterocycles. The molecular formula is C21H29NO5. The van der Waals surface area contributed by atoms with Crippen LogP contribution in [0.2, 0.25) is 0 Å². The van der Waals surface area contributed by atoms with E-state index in [4.69, 9.17) is 4.74 Å². The van der Waals surface area contributed by atoms with Crippen LogP contribution in [0.15, 0.2) is 42.5 Å². The van der Waals surface area contributed by atoms with Crippen molar-refractivity contribution in [1.82, 2.24) is 5.32 Å². The quantitative estimate of drug-likeness (QED) is 0.546. The SMILES string of the molecule is CC=CCOC(C(=O)O)C1CC(=O)N[C@@H](CCC(O)Cc2ccccc2)C1. The third kappa shape index (κ3) is 7.15. The van der Waals surface area contributed by atoms with Crippen molar-refractivity contribution in [3.63, 3.8) is 0 Å². The van der Waals surface area contributed by atoms with Crippen molar-refractivity contribution in [2.45, 2.75) is 57.3 Å². The van der Waals surface area contributed by atoms with E-state index >= 15 is 0 Å². The maximum atomic E-state index is 12.0. The number of amides is 1. The second-order valence-corrected chi connectivity index (χ2v) is 7.05. The van der Waals surface area contributed by atoms with E-state index in [2.05, 4.69) is 5.32 Å². The summed E-state index contributed by atoms with van der Waals surface area (Å²) in [5, 5.41) is 22.6. The molecule has 0 aromatic heterocycles. The third-order valence-corrected chi connectivity index (χ3v) is 4.84. The van der Waals surface area contributed by atoms with Crippen molar-refractivity contribution in [3.8, 4) is 0 Å². The van der Waals surface area contributed by atoms with Gasteiger partial charge in [-0.25, -0.2) is 4.79 Å². The Kier molecular flexibility index (Phi) is 8.48. The van der Waals surface area contributed by atoms with Gasteiger partial charge in [0.1, 0.15) is 0 Å². The van der Waals surface area contributed by atoms with Crippen LogP contribution in [0.4, 0.5) is 0 Å². The van der Waals surface area contributed by atoms with Crippen LogP contribution >= 0.6 is 0 Å². The Morgan fingerprint density at radius 2 is 2.11 bits per heavy atom. The lowest BCUT2D eigenvalue weighted by molar-refractivity contribution is -0.155. The average molecular weight is 375 g/mol. The van der Waals surface area contributed by atoms with Gasteiger partial charge in [0.2, 0.25) is 5.91 Å². The number of aliphatic carboxylic acids is 1. The Labute approximate surface area is 160 Å². The predicted molar refractivity (Wildman–Crippen MR) is 102 cm³/mol. The van der Waals surface area contributed by atoms with E-state index in [9.17, 15) is 19.8 Å². The first-order chi connectivity index (χ1) is 13.0. The van der Waals surface area contributed by atoms with E-state index in [0.717, 1.165) is 5.56 Å². The molecule has 27 heavy (non-hydrogen) atoms. The Morgan fingerprint density at radius 1 is 1.37 bits per heavy atom. The predicted octanol–water partition coefficient (Wildman–Crippen LogP) is 2.31. The smallest absolute Gasteiger partial charge is 0.333 e. The van der Waals surface area contributed by atoms with Crippen molar-refractivity contribution >= 4 is 11.9 Å². The highest BCUT2D eigenvalue weighted by atomic mass is 16.5. The molecule has 148 valence electrons. The molecule has 0 bridgehead atoms. The Hall–Kier alpha value is -2.18. The Balaban J connectivity index is 1.87. The first-order valence-corrected chi connectivity index (χ1v) is 9.46. The lowest BCUT2D eigenvalue weighted by Gasteiger charge is -2.33. The number of rotatable bonds is 10. The minimum absolute atomic E-state index is 0.145.